The van der Waals surface area contributed by atoms with Crippen LogP contribution in [0.15, 0.2) is 49.2 Å². The Labute approximate surface area is 139 Å². The van der Waals surface area contributed by atoms with Crippen LogP contribution in [0.5, 0.6) is 0 Å². The predicted molar refractivity (Wildman–Crippen MR) is 97.4 cm³/mol. The summed E-state index contributed by atoms with van der Waals surface area (Å²) < 4.78 is 0. The molecule has 0 amide bonds. The van der Waals surface area contributed by atoms with Gasteiger partial charge in [-0.3, -0.25) is 9.88 Å². The molecule has 3 nitrogen and oxygen atoms in total. The molecule has 1 aromatic heterocycles. The molecule has 2 aromatic rings. The lowest BCUT2D eigenvalue weighted by Gasteiger charge is -2.34. The lowest BCUT2D eigenvalue weighted by molar-refractivity contribution is 0.0539. The van der Waals surface area contributed by atoms with Crippen molar-refractivity contribution < 1.29 is 5.11 Å². The second kappa shape index (κ2) is 8.23. The Balaban J connectivity index is 2.28. The number of hydrogen-bond acceptors (Lipinski definition) is 3. The summed E-state index contributed by atoms with van der Waals surface area (Å²) in [5, 5.41) is 12.0. The van der Waals surface area contributed by atoms with Gasteiger partial charge in [-0.2, -0.15) is 0 Å². The van der Waals surface area contributed by atoms with E-state index in [2.05, 4.69) is 37.2 Å². The Morgan fingerprint density at radius 3 is 2.70 bits per heavy atom. The highest BCUT2D eigenvalue weighted by molar-refractivity contribution is 5.82. The van der Waals surface area contributed by atoms with Crippen LogP contribution in [0, 0.1) is 5.92 Å². The number of aromatic nitrogens is 1. The van der Waals surface area contributed by atoms with Gasteiger partial charge in [-0.25, -0.2) is 0 Å². The van der Waals surface area contributed by atoms with Crippen molar-refractivity contribution in [3.8, 4) is 0 Å². The summed E-state index contributed by atoms with van der Waals surface area (Å²) in [6.45, 7) is 12.2. The van der Waals surface area contributed by atoms with Crippen LogP contribution in [0.4, 0.5) is 0 Å². The van der Waals surface area contributed by atoms with E-state index >= 15 is 0 Å². The van der Waals surface area contributed by atoms with Crippen molar-refractivity contribution in [3.05, 3.63) is 54.7 Å². The molecule has 0 bridgehead atoms. The van der Waals surface area contributed by atoms with Crippen molar-refractivity contribution in [2.24, 2.45) is 5.92 Å². The summed E-state index contributed by atoms with van der Waals surface area (Å²) in [4.78, 5) is 6.74. The van der Waals surface area contributed by atoms with Crippen LogP contribution in [0.25, 0.3) is 10.9 Å². The number of pyridine rings is 1. The first-order valence-corrected chi connectivity index (χ1v) is 8.46. The minimum Gasteiger partial charge on any atom is -0.387 e. The third kappa shape index (κ3) is 4.18. The summed E-state index contributed by atoms with van der Waals surface area (Å²) in [5.41, 5.74) is 1.88. The molecule has 0 aliphatic heterocycles. The van der Waals surface area contributed by atoms with Crippen LogP contribution in [0.1, 0.15) is 38.9 Å². The van der Waals surface area contributed by atoms with Gasteiger partial charge in [0.05, 0.1) is 11.6 Å². The van der Waals surface area contributed by atoms with Crippen LogP contribution in [0.2, 0.25) is 0 Å². The largest absolute Gasteiger partial charge is 0.387 e. The second-order valence-corrected chi connectivity index (χ2v) is 6.31. The average molecular weight is 312 g/mol. The molecular weight excluding hydrogens is 284 g/mol. The molecule has 0 saturated heterocycles. The molecule has 1 aromatic carbocycles. The molecule has 2 rings (SSSR count). The minimum absolute atomic E-state index is 0.0446. The zero-order valence-electron chi connectivity index (χ0n) is 14.4. The molecule has 0 saturated carbocycles. The maximum absolute atomic E-state index is 11.0. The highest BCUT2D eigenvalue weighted by atomic mass is 16.3. The number of aliphatic hydroxyl groups is 1. The van der Waals surface area contributed by atoms with Gasteiger partial charge in [0, 0.05) is 24.2 Å². The molecule has 3 heteroatoms. The fourth-order valence-electron chi connectivity index (χ4n) is 3.03. The zero-order valence-corrected chi connectivity index (χ0v) is 14.4. The highest BCUT2D eigenvalue weighted by Gasteiger charge is 2.24. The molecule has 0 fully saturated rings. The van der Waals surface area contributed by atoms with Crippen molar-refractivity contribution in [2.45, 2.75) is 39.3 Å². The first-order valence-electron chi connectivity index (χ1n) is 8.46. The summed E-state index contributed by atoms with van der Waals surface area (Å²) in [6.07, 6.45) is 4.29. The molecule has 3 unspecified atom stereocenters. The first-order chi connectivity index (χ1) is 11.1. The SMILES string of the molecule is C=CC(C)CN(CCC)C(C)C(O)c1ccnc2ccccc12. The number of para-hydroxylation sites is 1. The lowest BCUT2D eigenvalue weighted by Crippen LogP contribution is -2.40. The second-order valence-electron chi connectivity index (χ2n) is 6.31. The highest BCUT2D eigenvalue weighted by Crippen LogP contribution is 2.27. The maximum Gasteiger partial charge on any atom is 0.0949 e. The molecule has 0 aliphatic rings. The van der Waals surface area contributed by atoms with Gasteiger partial charge in [-0.15, -0.1) is 6.58 Å². The molecule has 1 N–H and O–H groups in total. The number of nitrogens with zero attached hydrogens (tertiary/aromatic N) is 2. The van der Waals surface area contributed by atoms with Gasteiger partial charge < -0.3 is 5.11 Å². The summed E-state index contributed by atoms with van der Waals surface area (Å²) >= 11 is 0. The molecule has 3 atom stereocenters. The van der Waals surface area contributed by atoms with E-state index in [1.807, 2.05) is 36.4 Å². The predicted octanol–water partition coefficient (Wildman–Crippen LogP) is 4.19. The van der Waals surface area contributed by atoms with E-state index in [1.165, 1.54) is 0 Å². The van der Waals surface area contributed by atoms with Crippen LogP contribution < -0.4 is 0 Å². The summed E-state index contributed by atoms with van der Waals surface area (Å²) in [6, 6.07) is 9.97. The van der Waals surface area contributed by atoms with Crippen LogP contribution >= 0.6 is 0 Å². The average Bonchev–Trinajstić information content (AvgIpc) is 2.59. The maximum atomic E-state index is 11.0. The molecule has 1 heterocycles. The fraction of sp³-hybridized carbons (Fsp3) is 0.450. The number of rotatable bonds is 8. The number of aliphatic hydroxyl groups excluding tert-OH is 1. The molecule has 0 aliphatic carbocycles. The molecule has 23 heavy (non-hydrogen) atoms. The van der Waals surface area contributed by atoms with Crippen LogP contribution in [0.3, 0.4) is 0 Å². The van der Waals surface area contributed by atoms with E-state index in [0.717, 1.165) is 36.0 Å². The topological polar surface area (TPSA) is 36.4 Å². The number of hydrogen-bond donors (Lipinski definition) is 1. The molecule has 124 valence electrons. The van der Waals surface area contributed by atoms with Crippen LogP contribution in [-0.2, 0) is 0 Å². The van der Waals surface area contributed by atoms with Crippen molar-refractivity contribution in [2.75, 3.05) is 13.1 Å². The molecular formula is C20H28N2O. The quantitative estimate of drug-likeness (QED) is 0.743. The standard InChI is InChI=1S/C20H28N2O/c1-5-13-22(14-15(3)6-2)16(4)20(23)18-11-12-21-19-10-8-7-9-17(18)19/h6-12,15-16,20,23H,2,5,13-14H2,1,3-4H3. The molecule has 0 spiro atoms. The number of benzene rings is 1. The van der Waals surface area contributed by atoms with Crippen LogP contribution in [-0.4, -0.2) is 34.1 Å². The van der Waals surface area contributed by atoms with Gasteiger partial charge in [0.2, 0.25) is 0 Å². The third-order valence-corrected chi connectivity index (χ3v) is 4.47. The van der Waals surface area contributed by atoms with Crippen molar-refractivity contribution in [1.29, 1.82) is 0 Å². The van der Waals surface area contributed by atoms with Crippen molar-refractivity contribution >= 4 is 10.9 Å². The molecule has 0 radical (unpaired) electrons. The van der Waals surface area contributed by atoms with Gasteiger partial charge in [-0.05, 0) is 43.5 Å². The van der Waals surface area contributed by atoms with E-state index in [4.69, 9.17) is 0 Å². The Morgan fingerprint density at radius 1 is 1.26 bits per heavy atom. The normalized spacial score (nSPS) is 15.5. The smallest absolute Gasteiger partial charge is 0.0949 e. The van der Waals surface area contributed by atoms with Gasteiger partial charge in [0.1, 0.15) is 0 Å². The van der Waals surface area contributed by atoms with Gasteiger partial charge in [0.15, 0.2) is 0 Å². The first kappa shape index (κ1) is 17.6. The van der Waals surface area contributed by atoms with Gasteiger partial charge in [0.25, 0.3) is 0 Å². The monoisotopic (exact) mass is 312 g/mol. The summed E-state index contributed by atoms with van der Waals surface area (Å²) in [5.74, 6) is 0.408. The zero-order chi connectivity index (χ0) is 16.8. The van der Waals surface area contributed by atoms with Crippen molar-refractivity contribution in [1.82, 2.24) is 9.88 Å². The van der Waals surface area contributed by atoms with E-state index in [0.29, 0.717) is 5.92 Å². The van der Waals surface area contributed by atoms with E-state index in [9.17, 15) is 5.11 Å². The van der Waals surface area contributed by atoms with Gasteiger partial charge in [-0.1, -0.05) is 38.1 Å². The van der Waals surface area contributed by atoms with E-state index < -0.39 is 6.10 Å². The number of fused-ring (bicyclic) bond motifs is 1. The summed E-state index contributed by atoms with van der Waals surface area (Å²) in [7, 11) is 0. The minimum atomic E-state index is -0.536. The Morgan fingerprint density at radius 2 is 2.00 bits per heavy atom. The van der Waals surface area contributed by atoms with Gasteiger partial charge >= 0.3 is 0 Å². The Hall–Kier alpha value is -1.71. The Kier molecular flexibility index (Phi) is 6.31. The van der Waals surface area contributed by atoms with E-state index in [1.54, 1.807) is 6.20 Å². The third-order valence-electron chi connectivity index (χ3n) is 4.47. The van der Waals surface area contributed by atoms with E-state index in [-0.39, 0.29) is 6.04 Å². The Bertz CT molecular complexity index is 635. The van der Waals surface area contributed by atoms with Crippen molar-refractivity contribution in [3.63, 3.8) is 0 Å². The fourth-order valence-corrected chi connectivity index (χ4v) is 3.03. The lowest BCUT2D eigenvalue weighted by atomic mass is 9.97.